The molecule has 0 aliphatic carbocycles. The van der Waals surface area contributed by atoms with Crippen LogP contribution >= 0.6 is 15.9 Å². The third kappa shape index (κ3) is 3.16. The molecule has 3 rings (SSSR count). The van der Waals surface area contributed by atoms with E-state index in [1.807, 2.05) is 25.7 Å². The smallest absolute Gasteiger partial charge is 0.410 e. The summed E-state index contributed by atoms with van der Waals surface area (Å²) in [6.07, 6.45) is 0.406. The van der Waals surface area contributed by atoms with Gasteiger partial charge in [-0.25, -0.2) is 13.6 Å². The molecule has 23 heavy (non-hydrogen) atoms. The Labute approximate surface area is 142 Å². The summed E-state index contributed by atoms with van der Waals surface area (Å²) in [5.74, 6) is -0.956. The van der Waals surface area contributed by atoms with E-state index >= 15 is 0 Å². The van der Waals surface area contributed by atoms with Gasteiger partial charge in [0.25, 0.3) is 0 Å². The van der Waals surface area contributed by atoms with E-state index in [0.717, 1.165) is 12.5 Å². The molecule has 1 aromatic rings. The Morgan fingerprint density at radius 1 is 1.22 bits per heavy atom. The van der Waals surface area contributed by atoms with Crippen molar-refractivity contribution < 1.29 is 18.3 Å². The average Bonchev–Trinajstić information content (AvgIpc) is 3.00. The third-order valence-electron chi connectivity index (χ3n) is 4.17. The Kier molecular flexibility index (Phi) is 4.02. The Balaban J connectivity index is 1.74. The Morgan fingerprint density at radius 3 is 2.48 bits per heavy atom. The minimum atomic E-state index is -0.542. The summed E-state index contributed by atoms with van der Waals surface area (Å²) in [5, 5.41) is 0. The Morgan fingerprint density at radius 2 is 1.91 bits per heavy atom. The first-order valence-electron chi connectivity index (χ1n) is 7.56. The van der Waals surface area contributed by atoms with Crippen LogP contribution in [0.5, 0.6) is 0 Å². The molecular weight excluding hydrogens is 370 g/mol. The van der Waals surface area contributed by atoms with Gasteiger partial charge >= 0.3 is 6.09 Å². The molecule has 0 spiro atoms. The van der Waals surface area contributed by atoms with Crippen LogP contribution in [0.1, 0.15) is 27.2 Å². The van der Waals surface area contributed by atoms with E-state index in [4.69, 9.17) is 4.74 Å². The molecule has 0 radical (unpaired) electrons. The molecule has 1 amide bonds. The Hall–Kier alpha value is -1.37. The minimum absolute atomic E-state index is 0.0115. The van der Waals surface area contributed by atoms with E-state index in [9.17, 15) is 13.6 Å². The molecule has 7 heteroatoms. The van der Waals surface area contributed by atoms with Crippen molar-refractivity contribution in [2.24, 2.45) is 0 Å². The quantitative estimate of drug-likeness (QED) is 0.683. The predicted octanol–water partition coefficient (Wildman–Crippen LogP) is 3.93. The van der Waals surface area contributed by atoms with Crippen LogP contribution in [-0.2, 0) is 4.74 Å². The van der Waals surface area contributed by atoms with Crippen LogP contribution in [0.15, 0.2) is 16.6 Å². The number of likely N-dealkylation sites (tertiary alicyclic amines) is 1. The van der Waals surface area contributed by atoms with E-state index in [2.05, 4.69) is 15.9 Å². The summed E-state index contributed by atoms with van der Waals surface area (Å²) >= 11 is 2.98. The maximum Gasteiger partial charge on any atom is 0.410 e. The highest BCUT2D eigenvalue weighted by molar-refractivity contribution is 9.10. The Bertz CT molecular complexity index is 648. The van der Waals surface area contributed by atoms with E-state index < -0.39 is 17.2 Å². The van der Waals surface area contributed by atoms with E-state index in [-0.39, 0.29) is 28.3 Å². The van der Waals surface area contributed by atoms with Crippen molar-refractivity contribution >= 4 is 27.7 Å². The van der Waals surface area contributed by atoms with Crippen molar-refractivity contribution in [3.63, 3.8) is 0 Å². The molecule has 2 aliphatic heterocycles. The van der Waals surface area contributed by atoms with Crippen LogP contribution in [0, 0.1) is 11.6 Å². The van der Waals surface area contributed by atoms with Crippen LogP contribution in [0.3, 0.4) is 0 Å². The molecular formula is C16H19BrF2N2O2. The first-order valence-corrected chi connectivity index (χ1v) is 8.36. The third-order valence-corrected chi connectivity index (χ3v) is 4.78. The summed E-state index contributed by atoms with van der Waals surface area (Å²) in [7, 11) is 0. The SMILES string of the molecule is CC(C)(C)OC(=O)N1C[C@H]2C[C@@H]1CN2c1cc(F)c(Br)cc1F. The lowest BCUT2D eigenvalue weighted by Crippen LogP contribution is -2.50. The van der Waals surface area contributed by atoms with Gasteiger partial charge < -0.3 is 14.5 Å². The monoisotopic (exact) mass is 388 g/mol. The number of anilines is 1. The molecule has 2 atom stereocenters. The van der Waals surface area contributed by atoms with Gasteiger partial charge in [0.2, 0.25) is 0 Å². The predicted molar refractivity (Wildman–Crippen MR) is 86.5 cm³/mol. The molecule has 2 fully saturated rings. The van der Waals surface area contributed by atoms with Gasteiger partial charge in [0.1, 0.15) is 17.2 Å². The standard InChI is InChI=1S/C16H19BrF2N2O2/c1-16(2,3)23-15(22)21-8-9-4-10(21)7-20(9)14-6-12(18)11(17)5-13(14)19/h5-6,9-10H,4,7-8H2,1-3H3/t9-,10-/m1/s1. The second-order valence-electron chi connectivity index (χ2n) is 7.05. The summed E-state index contributed by atoms with van der Waals surface area (Å²) in [6, 6.07) is 2.31. The highest BCUT2D eigenvalue weighted by atomic mass is 79.9. The second kappa shape index (κ2) is 5.61. The number of piperazine rings is 1. The fourth-order valence-corrected chi connectivity index (χ4v) is 3.55. The number of carbonyl (C=O) groups excluding carboxylic acids is 1. The van der Waals surface area contributed by atoms with Crippen molar-refractivity contribution in [3.05, 3.63) is 28.2 Å². The first-order chi connectivity index (χ1) is 10.7. The molecule has 2 bridgehead atoms. The second-order valence-corrected chi connectivity index (χ2v) is 7.90. The lowest BCUT2D eigenvalue weighted by Gasteiger charge is -2.36. The molecule has 126 valence electrons. The molecule has 0 unspecified atom stereocenters. The lowest BCUT2D eigenvalue weighted by atomic mass is 10.2. The maximum atomic E-state index is 14.1. The average molecular weight is 389 g/mol. The lowest BCUT2D eigenvalue weighted by molar-refractivity contribution is 0.0214. The topological polar surface area (TPSA) is 32.8 Å². The summed E-state index contributed by atoms with van der Waals surface area (Å²) in [6.45, 7) is 6.43. The van der Waals surface area contributed by atoms with Gasteiger partial charge in [-0.2, -0.15) is 0 Å². The van der Waals surface area contributed by atoms with Crippen LogP contribution in [0.2, 0.25) is 0 Å². The van der Waals surface area contributed by atoms with Gasteiger partial charge in [0.15, 0.2) is 0 Å². The zero-order chi connectivity index (χ0) is 16.9. The summed E-state index contributed by atoms with van der Waals surface area (Å²) in [5.41, 5.74) is -0.290. The van der Waals surface area contributed by atoms with E-state index in [1.54, 1.807) is 4.90 Å². The van der Waals surface area contributed by atoms with Crippen molar-refractivity contribution in [3.8, 4) is 0 Å². The van der Waals surface area contributed by atoms with Crippen molar-refractivity contribution in [2.45, 2.75) is 44.9 Å². The van der Waals surface area contributed by atoms with Gasteiger partial charge in [-0.3, -0.25) is 0 Å². The van der Waals surface area contributed by atoms with E-state index in [0.29, 0.717) is 13.1 Å². The van der Waals surface area contributed by atoms with Gasteiger partial charge in [0, 0.05) is 25.2 Å². The summed E-state index contributed by atoms with van der Waals surface area (Å²) in [4.78, 5) is 15.7. The van der Waals surface area contributed by atoms with Gasteiger partial charge in [-0.15, -0.1) is 0 Å². The molecule has 4 nitrogen and oxygen atoms in total. The van der Waals surface area contributed by atoms with E-state index in [1.165, 1.54) is 6.07 Å². The van der Waals surface area contributed by atoms with Crippen molar-refractivity contribution in [1.82, 2.24) is 4.90 Å². The number of hydrogen-bond donors (Lipinski definition) is 0. The highest BCUT2D eigenvalue weighted by Crippen LogP contribution is 2.37. The molecule has 1 aromatic carbocycles. The summed E-state index contributed by atoms with van der Waals surface area (Å²) < 4.78 is 33.4. The number of halogens is 3. The first kappa shape index (κ1) is 16.5. The van der Waals surface area contributed by atoms with Crippen LogP contribution in [0.25, 0.3) is 0 Å². The molecule has 0 saturated carbocycles. The zero-order valence-corrected chi connectivity index (χ0v) is 14.9. The fraction of sp³-hybridized carbons (Fsp3) is 0.562. The molecule has 2 aliphatic rings. The number of hydrogen-bond acceptors (Lipinski definition) is 3. The number of carbonyl (C=O) groups is 1. The fourth-order valence-electron chi connectivity index (χ4n) is 3.24. The largest absolute Gasteiger partial charge is 0.444 e. The number of fused-ring (bicyclic) bond motifs is 2. The zero-order valence-electron chi connectivity index (χ0n) is 13.3. The minimum Gasteiger partial charge on any atom is -0.444 e. The van der Waals surface area contributed by atoms with Crippen LogP contribution in [0.4, 0.5) is 19.3 Å². The van der Waals surface area contributed by atoms with Gasteiger partial charge in [0.05, 0.1) is 16.2 Å². The normalized spacial score (nSPS) is 23.6. The van der Waals surface area contributed by atoms with Crippen molar-refractivity contribution in [1.29, 1.82) is 0 Å². The maximum absolute atomic E-state index is 14.1. The molecule has 2 heterocycles. The number of amides is 1. The van der Waals surface area contributed by atoms with Crippen LogP contribution < -0.4 is 4.90 Å². The number of rotatable bonds is 1. The van der Waals surface area contributed by atoms with Crippen molar-refractivity contribution in [2.75, 3.05) is 18.0 Å². The molecule has 0 aromatic heterocycles. The molecule has 2 saturated heterocycles. The number of ether oxygens (including phenoxy) is 1. The van der Waals surface area contributed by atoms with Crippen LogP contribution in [-0.4, -0.2) is 41.8 Å². The molecule has 0 N–H and O–H groups in total. The van der Waals surface area contributed by atoms with Gasteiger partial charge in [-0.1, -0.05) is 0 Å². The number of nitrogens with zero attached hydrogens (tertiary/aromatic N) is 2. The van der Waals surface area contributed by atoms with Gasteiger partial charge in [-0.05, 0) is 49.2 Å². The highest BCUT2D eigenvalue weighted by Gasteiger charge is 2.47. The number of benzene rings is 1.